The number of ether oxygens (including phenoxy) is 1. The molecule has 178 valence electrons. The smallest absolute Gasteiger partial charge is 0.270 e. The van der Waals surface area contributed by atoms with Gasteiger partial charge in [-0.15, -0.1) is 5.10 Å². The molecule has 1 saturated carbocycles. The van der Waals surface area contributed by atoms with Crippen molar-refractivity contribution in [1.29, 1.82) is 0 Å². The quantitative estimate of drug-likeness (QED) is 0.487. The van der Waals surface area contributed by atoms with Gasteiger partial charge in [0.1, 0.15) is 5.75 Å². The van der Waals surface area contributed by atoms with E-state index in [1.54, 1.807) is 35.0 Å². The molecular weight excluding hydrogens is 430 g/mol. The maximum absolute atomic E-state index is 12.7. The van der Waals surface area contributed by atoms with Gasteiger partial charge in [-0.1, -0.05) is 24.6 Å². The summed E-state index contributed by atoms with van der Waals surface area (Å²) < 4.78 is 7.70. The fraction of sp³-hybridized carbons (Fsp3) is 0.385. The van der Waals surface area contributed by atoms with Gasteiger partial charge >= 0.3 is 0 Å². The minimum absolute atomic E-state index is 0.210. The molecule has 1 aliphatic rings. The van der Waals surface area contributed by atoms with Gasteiger partial charge in [0.2, 0.25) is 0 Å². The van der Waals surface area contributed by atoms with Crippen LogP contribution in [0.4, 0.5) is 0 Å². The number of carbonyl (C=O) groups is 2. The standard InChI is InChI=1S/C26H31N5O3/c1-3-4-7-20-17-31(30-27-20)21-13-11-19(12-14-21)25(32)28-29-26(33)24-16-23(15-10-18(24)2)34-22-8-5-6-9-22/h10-17,22H,3-9H2,1-2H3,(H,28,32)(H,29,33). The molecule has 0 bridgehead atoms. The van der Waals surface area contributed by atoms with Gasteiger partial charge in [0, 0.05) is 11.1 Å². The van der Waals surface area contributed by atoms with Crippen molar-refractivity contribution < 1.29 is 14.3 Å². The second-order valence-corrected chi connectivity index (χ2v) is 8.71. The van der Waals surface area contributed by atoms with Crippen LogP contribution in [0, 0.1) is 6.92 Å². The second-order valence-electron chi connectivity index (χ2n) is 8.71. The molecule has 8 nitrogen and oxygen atoms in total. The van der Waals surface area contributed by atoms with Gasteiger partial charge in [-0.3, -0.25) is 20.4 Å². The molecule has 2 N–H and O–H groups in total. The topological polar surface area (TPSA) is 98.1 Å². The molecule has 4 rings (SSSR count). The number of carbonyl (C=O) groups excluding carboxylic acids is 2. The van der Waals surface area contributed by atoms with E-state index in [9.17, 15) is 9.59 Å². The van der Waals surface area contributed by atoms with Crippen LogP contribution in [0.25, 0.3) is 5.69 Å². The molecule has 34 heavy (non-hydrogen) atoms. The Balaban J connectivity index is 1.34. The lowest BCUT2D eigenvalue weighted by Gasteiger charge is -2.15. The number of rotatable bonds is 8. The highest BCUT2D eigenvalue weighted by Gasteiger charge is 2.18. The van der Waals surface area contributed by atoms with Crippen LogP contribution in [0.2, 0.25) is 0 Å². The number of amides is 2. The summed E-state index contributed by atoms with van der Waals surface area (Å²) in [5, 5.41) is 8.34. The third kappa shape index (κ3) is 5.81. The van der Waals surface area contributed by atoms with Crippen LogP contribution in [-0.2, 0) is 6.42 Å². The third-order valence-corrected chi connectivity index (χ3v) is 6.07. The minimum Gasteiger partial charge on any atom is -0.490 e. The highest BCUT2D eigenvalue weighted by atomic mass is 16.5. The molecule has 0 unspecified atom stereocenters. The summed E-state index contributed by atoms with van der Waals surface area (Å²) in [7, 11) is 0. The highest BCUT2D eigenvalue weighted by Crippen LogP contribution is 2.25. The Bertz CT molecular complexity index is 1130. The molecule has 2 aromatic carbocycles. The van der Waals surface area contributed by atoms with E-state index in [2.05, 4.69) is 28.1 Å². The normalized spacial score (nSPS) is 13.6. The van der Waals surface area contributed by atoms with Gasteiger partial charge in [-0.2, -0.15) is 0 Å². The van der Waals surface area contributed by atoms with E-state index in [-0.39, 0.29) is 12.0 Å². The van der Waals surface area contributed by atoms with Crippen LogP contribution in [0.1, 0.15) is 77.4 Å². The lowest BCUT2D eigenvalue weighted by atomic mass is 10.1. The zero-order chi connectivity index (χ0) is 23.9. The van der Waals surface area contributed by atoms with Crippen LogP contribution in [0.3, 0.4) is 0 Å². The molecule has 0 atom stereocenters. The van der Waals surface area contributed by atoms with Crippen molar-refractivity contribution in [3.05, 3.63) is 71.0 Å². The van der Waals surface area contributed by atoms with Gasteiger partial charge < -0.3 is 4.74 Å². The summed E-state index contributed by atoms with van der Waals surface area (Å²) in [4.78, 5) is 25.3. The maximum Gasteiger partial charge on any atom is 0.270 e. The zero-order valence-corrected chi connectivity index (χ0v) is 19.7. The van der Waals surface area contributed by atoms with Gasteiger partial charge in [0.25, 0.3) is 11.8 Å². The molecular formula is C26H31N5O3. The molecule has 2 amide bonds. The number of hydrogen-bond donors (Lipinski definition) is 2. The van der Waals surface area contributed by atoms with Crippen molar-refractivity contribution in [2.24, 2.45) is 0 Å². The van der Waals surface area contributed by atoms with Crippen LogP contribution in [0.15, 0.2) is 48.7 Å². The predicted octanol–water partition coefficient (Wildman–Crippen LogP) is 4.31. The molecule has 1 fully saturated rings. The fourth-order valence-corrected chi connectivity index (χ4v) is 4.03. The predicted molar refractivity (Wildman–Crippen MR) is 129 cm³/mol. The molecule has 3 aromatic rings. The Morgan fingerprint density at radius 1 is 1.06 bits per heavy atom. The highest BCUT2D eigenvalue weighted by molar-refractivity contribution is 6.00. The van der Waals surface area contributed by atoms with E-state index in [4.69, 9.17) is 4.74 Å². The molecule has 0 radical (unpaired) electrons. The number of hydrogen-bond acceptors (Lipinski definition) is 5. The van der Waals surface area contributed by atoms with Crippen LogP contribution in [0.5, 0.6) is 5.75 Å². The molecule has 1 heterocycles. The van der Waals surface area contributed by atoms with Crippen molar-refractivity contribution in [1.82, 2.24) is 25.8 Å². The summed E-state index contributed by atoms with van der Waals surface area (Å²) in [5.74, 6) is -0.116. The van der Waals surface area contributed by atoms with Gasteiger partial charge in [-0.05, 0) is 87.4 Å². The SMILES string of the molecule is CCCCc1cn(-c2ccc(C(=O)NNC(=O)c3cc(OC4CCCC4)ccc3C)cc2)nn1. The summed E-state index contributed by atoms with van der Waals surface area (Å²) in [6.45, 7) is 3.99. The van der Waals surface area contributed by atoms with E-state index < -0.39 is 5.91 Å². The Morgan fingerprint density at radius 2 is 1.79 bits per heavy atom. The van der Waals surface area contributed by atoms with Crippen LogP contribution in [-0.4, -0.2) is 32.9 Å². The Labute approximate surface area is 199 Å². The number of nitrogens with zero attached hydrogens (tertiary/aromatic N) is 3. The number of hydrazine groups is 1. The number of unbranched alkanes of at least 4 members (excludes halogenated alkanes) is 1. The van der Waals surface area contributed by atoms with Crippen LogP contribution >= 0.6 is 0 Å². The van der Waals surface area contributed by atoms with E-state index in [0.717, 1.165) is 49.0 Å². The monoisotopic (exact) mass is 461 g/mol. The van der Waals surface area contributed by atoms with E-state index in [1.807, 2.05) is 25.3 Å². The Hall–Kier alpha value is -3.68. The first kappa shape index (κ1) is 23.5. The number of nitrogens with one attached hydrogen (secondary N) is 2. The molecule has 0 spiro atoms. The van der Waals surface area contributed by atoms with Gasteiger partial charge in [-0.25, -0.2) is 4.68 Å². The maximum atomic E-state index is 12.7. The summed E-state index contributed by atoms with van der Waals surface area (Å²) >= 11 is 0. The van der Waals surface area contributed by atoms with Crippen molar-refractivity contribution in [3.8, 4) is 11.4 Å². The summed E-state index contributed by atoms with van der Waals surface area (Å²) in [6.07, 6.45) is 9.62. The van der Waals surface area contributed by atoms with Crippen LogP contribution < -0.4 is 15.6 Å². The first-order valence-electron chi connectivity index (χ1n) is 11.9. The largest absolute Gasteiger partial charge is 0.490 e. The molecule has 1 aliphatic carbocycles. The Kier molecular flexibility index (Phi) is 7.57. The number of benzene rings is 2. The lowest BCUT2D eigenvalue weighted by Crippen LogP contribution is -2.41. The van der Waals surface area contributed by atoms with E-state index >= 15 is 0 Å². The Morgan fingerprint density at radius 3 is 2.53 bits per heavy atom. The summed E-state index contributed by atoms with van der Waals surface area (Å²) in [6, 6.07) is 12.4. The summed E-state index contributed by atoms with van der Waals surface area (Å²) in [5.41, 5.74) is 8.45. The van der Waals surface area contributed by atoms with Crippen molar-refractivity contribution in [2.45, 2.75) is 64.9 Å². The lowest BCUT2D eigenvalue weighted by molar-refractivity contribution is 0.0846. The fourth-order valence-electron chi connectivity index (χ4n) is 4.03. The van der Waals surface area contributed by atoms with Gasteiger partial charge in [0.15, 0.2) is 0 Å². The first-order valence-corrected chi connectivity index (χ1v) is 11.9. The van der Waals surface area contributed by atoms with Crippen molar-refractivity contribution >= 4 is 11.8 Å². The second kappa shape index (κ2) is 11.0. The molecule has 0 saturated heterocycles. The van der Waals surface area contributed by atoms with Crippen molar-refractivity contribution in [3.63, 3.8) is 0 Å². The average Bonchev–Trinajstić information content (AvgIpc) is 3.54. The molecule has 8 heteroatoms. The van der Waals surface area contributed by atoms with E-state index in [1.165, 1.54) is 12.8 Å². The third-order valence-electron chi connectivity index (χ3n) is 6.07. The van der Waals surface area contributed by atoms with E-state index in [0.29, 0.717) is 16.9 Å². The molecule has 0 aliphatic heterocycles. The molecule has 1 aromatic heterocycles. The number of aryl methyl sites for hydroxylation is 2. The van der Waals surface area contributed by atoms with Gasteiger partial charge in [0.05, 0.1) is 23.7 Å². The number of aromatic nitrogens is 3. The van der Waals surface area contributed by atoms with Crippen molar-refractivity contribution in [2.75, 3.05) is 0 Å². The minimum atomic E-state index is -0.405. The first-order chi connectivity index (χ1) is 16.5. The average molecular weight is 462 g/mol. The zero-order valence-electron chi connectivity index (χ0n) is 19.7.